The minimum atomic E-state index is -3.30. The van der Waals surface area contributed by atoms with Crippen LogP contribution in [0, 0.1) is 0 Å². The summed E-state index contributed by atoms with van der Waals surface area (Å²) in [5.41, 5.74) is 8.61. The second-order valence-corrected chi connectivity index (χ2v) is 14.0. The summed E-state index contributed by atoms with van der Waals surface area (Å²) >= 11 is 0. The maximum atomic E-state index is 16.1. The summed E-state index contributed by atoms with van der Waals surface area (Å²) in [6.45, 7) is 0. The summed E-state index contributed by atoms with van der Waals surface area (Å²) < 4.78 is 16.1. The number of nitrogens with zero attached hydrogens (tertiary/aromatic N) is 3. The molecule has 0 radical (unpaired) electrons. The van der Waals surface area contributed by atoms with E-state index in [1.54, 1.807) is 6.20 Å². The third-order valence-electron chi connectivity index (χ3n) is 8.91. The normalized spacial score (nSPS) is 16.5. The number of hydrogen-bond acceptors (Lipinski definition) is 4. The Bertz CT molecular complexity index is 2360. The fraction of sp³-hybridized carbons (Fsp3) is 0. The Morgan fingerprint density at radius 2 is 1.20 bits per heavy atom. The third kappa shape index (κ3) is 3.83. The number of rotatable bonds is 3. The highest BCUT2D eigenvalue weighted by Gasteiger charge is 2.46. The van der Waals surface area contributed by atoms with E-state index in [1.165, 1.54) is 0 Å². The first-order chi connectivity index (χ1) is 22.2. The van der Waals surface area contributed by atoms with Gasteiger partial charge in [-0.2, -0.15) is 0 Å². The van der Waals surface area contributed by atoms with E-state index in [4.69, 9.17) is 4.98 Å². The van der Waals surface area contributed by atoms with Gasteiger partial charge in [-0.1, -0.05) is 103 Å². The molecule has 0 spiro atoms. The van der Waals surface area contributed by atoms with Crippen molar-refractivity contribution in [1.29, 1.82) is 0 Å². The Morgan fingerprint density at radius 1 is 0.533 bits per heavy atom. The molecule has 4 heterocycles. The molecule has 2 aliphatic rings. The van der Waals surface area contributed by atoms with E-state index in [-0.39, 0.29) is 0 Å². The number of benzene rings is 5. The van der Waals surface area contributed by atoms with Gasteiger partial charge in [0.2, 0.25) is 0 Å². The molecule has 0 saturated carbocycles. The van der Waals surface area contributed by atoms with Gasteiger partial charge < -0.3 is 9.46 Å². The van der Waals surface area contributed by atoms with Gasteiger partial charge in [-0.25, -0.2) is 0 Å². The topological polar surface area (TPSA) is 46.1 Å². The Balaban J connectivity index is 1.33. The van der Waals surface area contributed by atoms with E-state index in [2.05, 4.69) is 107 Å². The lowest BCUT2D eigenvalue weighted by Gasteiger charge is -2.28. The summed E-state index contributed by atoms with van der Waals surface area (Å²) in [4.78, 5) is 11.6. The molecular weight excluding hydrogens is 569 g/mol. The van der Waals surface area contributed by atoms with E-state index in [9.17, 15) is 0 Å². The van der Waals surface area contributed by atoms with Crippen LogP contribution in [0.25, 0.3) is 33.0 Å². The van der Waals surface area contributed by atoms with Gasteiger partial charge >= 0.3 is 0 Å². The number of para-hydroxylation sites is 2. The van der Waals surface area contributed by atoms with Crippen LogP contribution in [0.15, 0.2) is 158 Å². The van der Waals surface area contributed by atoms with Crippen LogP contribution in [-0.2, 0) is 4.57 Å². The summed E-state index contributed by atoms with van der Waals surface area (Å²) in [5, 5.41) is 4.85. The van der Waals surface area contributed by atoms with Crippen LogP contribution in [0.5, 0.6) is 0 Å². The fourth-order valence-corrected chi connectivity index (χ4v) is 10.2. The standard InChI is InChI=1S/C40H26N3OP/c44-45(30-22-20-27-11-1-2-12-28(27)25-30)38-19-8-5-15-33(38)39-31-13-3-6-17-36(31)43(37-18-7-4-14-32(37)40(39)45)29-21-23-35(42-26-29)34-16-9-10-24-41-34/h1-26H. The molecule has 0 saturated heterocycles. The van der Waals surface area contributed by atoms with Crippen molar-refractivity contribution in [2.45, 2.75) is 0 Å². The first-order valence-corrected chi connectivity index (χ1v) is 16.7. The van der Waals surface area contributed by atoms with Crippen molar-refractivity contribution in [3.63, 3.8) is 0 Å². The van der Waals surface area contributed by atoms with E-state index in [0.717, 1.165) is 77.4 Å². The highest BCUT2D eigenvalue weighted by atomic mass is 31.2. The molecule has 0 aliphatic carbocycles. The van der Waals surface area contributed by atoms with Gasteiger partial charge in [0.05, 0.1) is 34.6 Å². The molecule has 9 rings (SSSR count). The number of anilines is 3. The fourth-order valence-electron chi connectivity index (χ4n) is 6.92. The molecule has 0 amide bonds. The van der Waals surface area contributed by atoms with Crippen LogP contribution in [0.3, 0.4) is 0 Å². The Morgan fingerprint density at radius 3 is 1.98 bits per heavy atom. The molecule has 1 atom stereocenters. The van der Waals surface area contributed by atoms with Gasteiger partial charge in [0.1, 0.15) is 0 Å². The zero-order chi connectivity index (χ0) is 30.0. The monoisotopic (exact) mass is 595 g/mol. The lowest BCUT2D eigenvalue weighted by atomic mass is 9.95. The molecular formula is C40H26N3OP. The molecule has 1 unspecified atom stereocenters. The van der Waals surface area contributed by atoms with Crippen LogP contribution in [0.2, 0.25) is 0 Å². The molecule has 5 heteroatoms. The van der Waals surface area contributed by atoms with Crippen molar-refractivity contribution >= 4 is 56.5 Å². The van der Waals surface area contributed by atoms with Crippen LogP contribution >= 0.6 is 7.14 Å². The molecule has 7 aromatic rings. The average molecular weight is 596 g/mol. The van der Waals surface area contributed by atoms with Crippen LogP contribution in [-0.4, -0.2) is 9.97 Å². The van der Waals surface area contributed by atoms with E-state index in [1.807, 2.05) is 54.7 Å². The predicted octanol–water partition coefficient (Wildman–Crippen LogP) is 9.32. The zero-order valence-electron chi connectivity index (χ0n) is 24.2. The molecule has 2 aliphatic heterocycles. The second-order valence-electron chi connectivity index (χ2n) is 11.4. The SMILES string of the molecule is O=P1(c2ccc3ccccc3c2)C2=C(c3ccccc3N(c3ccc(-c4ccccn4)nc3)c3ccccc32)c2ccccc21. The molecule has 0 bridgehead atoms. The number of aromatic nitrogens is 2. The molecule has 5 aromatic carbocycles. The third-order valence-corrected chi connectivity index (χ3v) is 12.1. The van der Waals surface area contributed by atoms with E-state index in [0.29, 0.717) is 0 Å². The number of pyridine rings is 2. The van der Waals surface area contributed by atoms with Crippen molar-refractivity contribution in [3.05, 3.63) is 175 Å². The summed E-state index contributed by atoms with van der Waals surface area (Å²) in [5.74, 6) is 0. The molecule has 2 aromatic heterocycles. The number of hydrogen-bond donors (Lipinski definition) is 0. The zero-order valence-corrected chi connectivity index (χ0v) is 25.1. The average Bonchev–Trinajstić information content (AvgIpc) is 3.30. The van der Waals surface area contributed by atoms with Crippen LogP contribution in [0.1, 0.15) is 16.7 Å². The smallest absolute Gasteiger partial charge is 0.172 e. The minimum absolute atomic E-state index is 0.811. The second kappa shape index (κ2) is 9.99. The maximum absolute atomic E-state index is 16.1. The minimum Gasteiger partial charge on any atom is -0.309 e. The van der Waals surface area contributed by atoms with Crippen molar-refractivity contribution in [2.24, 2.45) is 0 Å². The molecule has 45 heavy (non-hydrogen) atoms. The Labute approximate surface area is 261 Å². The van der Waals surface area contributed by atoms with Gasteiger partial charge in [0.25, 0.3) is 0 Å². The number of fused-ring (bicyclic) bond motifs is 7. The van der Waals surface area contributed by atoms with Gasteiger partial charge in [-0.05, 0) is 58.8 Å². The quantitative estimate of drug-likeness (QED) is 0.191. The first-order valence-electron chi connectivity index (χ1n) is 15.0. The maximum Gasteiger partial charge on any atom is 0.172 e. The van der Waals surface area contributed by atoms with Crippen molar-refractivity contribution in [1.82, 2.24) is 9.97 Å². The molecule has 212 valence electrons. The Kier molecular flexibility index (Phi) is 5.74. The predicted molar refractivity (Wildman–Crippen MR) is 185 cm³/mol. The van der Waals surface area contributed by atoms with Gasteiger partial charge in [0, 0.05) is 38.8 Å². The Hall–Kier alpha value is -5.57. The largest absolute Gasteiger partial charge is 0.309 e. The van der Waals surface area contributed by atoms with Crippen LogP contribution in [0.4, 0.5) is 17.1 Å². The summed E-state index contributed by atoms with van der Waals surface area (Å²) in [6, 6.07) is 49.6. The van der Waals surface area contributed by atoms with Gasteiger partial charge in [0.15, 0.2) is 7.14 Å². The van der Waals surface area contributed by atoms with E-state index < -0.39 is 7.14 Å². The first kappa shape index (κ1) is 25.9. The van der Waals surface area contributed by atoms with E-state index >= 15 is 4.57 Å². The highest BCUT2D eigenvalue weighted by molar-refractivity contribution is 7.88. The molecule has 4 nitrogen and oxygen atoms in total. The van der Waals surface area contributed by atoms with Gasteiger partial charge in [-0.3, -0.25) is 9.97 Å². The summed E-state index contributed by atoms with van der Waals surface area (Å²) in [7, 11) is -3.30. The lowest BCUT2D eigenvalue weighted by molar-refractivity contribution is 0.593. The lowest BCUT2D eigenvalue weighted by Crippen LogP contribution is -2.17. The molecule has 0 N–H and O–H groups in total. The van der Waals surface area contributed by atoms with Crippen molar-refractivity contribution in [2.75, 3.05) is 4.90 Å². The van der Waals surface area contributed by atoms with Crippen molar-refractivity contribution < 1.29 is 4.57 Å². The summed E-state index contributed by atoms with van der Waals surface area (Å²) in [6.07, 6.45) is 3.69. The molecule has 0 fully saturated rings. The highest BCUT2D eigenvalue weighted by Crippen LogP contribution is 2.68. The van der Waals surface area contributed by atoms with Gasteiger partial charge in [-0.15, -0.1) is 0 Å². The van der Waals surface area contributed by atoms with Crippen LogP contribution < -0.4 is 15.5 Å². The van der Waals surface area contributed by atoms with Crippen molar-refractivity contribution in [3.8, 4) is 11.4 Å².